The maximum absolute atomic E-state index is 11.9. The van der Waals surface area contributed by atoms with Crippen molar-refractivity contribution in [2.75, 3.05) is 7.11 Å². The summed E-state index contributed by atoms with van der Waals surface area (Å²) in [5.74, 6) is -1.43. The fraction of sp³-hybridized carbons (Fsp3) is 0.438. The van der Waals surface area contributed by atoms with Crippen LogP contribution in [0.2, 0.25) is 0 Å². The molecule has 0 amide bonds. The van der Waals surface area contributed by atoms with Crippen LogP contribution in [0.15, 0.2) is 24.3 Å². The Morgan fingerprint density at radius 1 is 1.00 bits per heavy atom. The molecule has 0 aliphatic rings. The average molecular weight is 452 g/mol. The standard InChI is InChI=1S/C16H21IO7/c1-10(2)15(16(20)21-5)22-14-9-7-6-8-13(14)17(23-11(3)18)24-12(4)19/h6-10,15H,1-5H3/t15-/m1/s1. The molecule has 7 nitrogen and oxygen atoms in total. The van der Waals surface area contributed by atoms with Crippen molar-refractivity contribution in [3.05, 3.63) is 27.8 Å². The second-order valence-corrected chi connectivity index (χ2v) is 8.37. The van der Waals surface area contributed by atoms with E-state index in [0.717, 1.165) is 0 Å². The van der Waals surface area contributed by atoms with Crippen molar-refractivity contribution in [1.82, 2.24) is 0 Å². The second-order valence-electron chi connectivity index (χ2n) is 5.09. The van der Waals surface area contributed by atoms with E-state index in [1.54, 1.807) is 24.3 Å². The number of benzene rings is 1. The summed E-state index contributed by atoms with van der Waals surface area (Å²) in [6.45, 7) is 6.11. The van der Waals surface area contributed by atoms with Crippen molar-refractivity contribution < 1.29 is 30.0 Å². The van der Waals surface area contributed by atoms with E-state index in [2.05, 4.69) is 0 Å². The van der Waals surface area contributed by atoms with Crippen molar-refractivity contribution >= 4 is 38.6 Å². The molecule has 1 atom stereocenters. The predicted molar refractivity (Wildman–Crippen MR) is 94.0 cm³/mol. The van der Waals surface area contributed by atoms with Gasteiger partial charge in [0.05, 0.1) is 0 Å². The van der Waals surface area contributed by atoms with Crippen LogP contribution in [-0.2, 0) is 25.3 Å². The Labute approximate surface area is 149 Å². The van der Waals surface area contributed by atoms with Crippen molar-refractivity contribution in [3.63, 3.8) is 0 Å². The first-order valence-electron chi connectivity index (χ1n) is 7.17. The van der Waals surface area contributed by atoms with Gasteiger partial charge in [0.25, 0.3) is 0 Å². The molecule has 24 heavy (non-hydrogen) atoms. The average Bonchev–Trinajstić information content (AvgIpc) is 2.50. The molecule has 0 bridgehead atoms. The summed E-state index contributed by atoms with van der Waals surface area (Å²) in [4.78, 5) is 34.5. The van der Waals surface area contributed by atoms with Crippen LogP contribution in [-0.4, -0.2) is 31.1 Å². The number of halogens is 1. The Kier molecular flexibility index (Phi) is 7.96. The van der Waals surface area contributed by atoms with Crippen molar-refractivity contribution in [1.29, 1.82) is 0 Å². The van der Waals surface area contributed by atoms with Crippen molar-refractivity contribution in [2.24, 2.45) is 5.92 Å². The number of ether oxygens (including phenoxy) is 2. The number of methoxy groups -OCH3 is 1. The first-order valence-corrected chi connectivity index (χ1v) is 10.0. The van der Waals surface area contributed by atoms with Gasteiger partial charge in [0.15, 0.2) is 0 Å². The number of hydrogen-bond donors (Lipinski definition) is 0. The Balaban J connectivity index is 3.18. The van der Waals surface area contributed by atoms with Crippen LogP contribution in [0.5, 0.6) is 5.75 Å². The zero-order valence-corrected chi connectivity index (χ0v) is 16.4. The van der Waals surface area contributed by atoms with E-state index in [-0.39, 0.29) is 5.92 Å². The third-order valence-electron chi connectivity index (χ3n) is 2.65. The van der Waals surface area contributed by atoms with Crippen LogP contribution in [0.4, 0.5) is 0 Å². The summed E-state index contributed by atoms with van der Waals surface area (Å²) in [6, 6.07) is 6.71. The van der Waals surface area contributed by atoms with E-state index in [0.29, 0.717) is 9.32 Å². The number of para-hydroxylation sites is 1. The quantitative estimate of drug-likeness (QED) is 0.465. The minimum absolute atomic E-state index is 0.143. The zero-order valence-electron chi connectivity index (χ0n) is 14.2. The molecule has 0 heterocycles. The summed E-state index contributed by atoms with van der Waals surface area (Å²) in [5, 5.41) is 0. The summed E-state index contributed by atoms with van der Waals surface area (Å²) < 4.78 is 21.4. The topological polar surface area (TPSA) is 88.1 Å². The van der Waals surface area contributed by atoms with E-state index in [4.69, 9.17) is 15.6 Å². The molecule has 0 saturated carbocycles. The molecule has 0 radical (unpaired) electrons. The van der Waals surface area contributed by atoms with Gasteiger partial charge in [-0.3, -0.25) is 0 Å². The van der Waals surface area contributed by atoms with Crippen molar-refractivity contribution in [2.45, 2.75) is 33.8 Å². The van der Waals surface area contributed by atoms with Gasteiger partial charge in [-0.05, 0) is 0 Å². The molecule has 0 aliphatic carbocycles. The third kappa shape index (κ3) is 5.99. The Morgan fingerprint density at radius 3 is 2.00 bits per heavy atom. The fourth-order valence-corrected chi connectivity index (χ4v) is 4.61. The predicted octanol–water partition coefficient (Wildman–Crippen LogP) is 2.90. The molecular weight excluding hydrogens is 431 g/mol. The molecule has 0 N–H and O–H groups in total. The van der Waals surface area contributed by atoms with E-state index in [1.807, 2.05) is 13.8 Å². The van der Waals surface area contributed by atoms with Crippen LogP contribution in [0.25, 0.3) is 0 Å². The summed E-state index contributed by atoms with van der Waals surface area (Å²) in [6.07, 6.45) is -0.830. The molecule has 8 heteroatoms. The Hall–Kier alpha value is -1.84. The molecule has 0 unspecified atom stereocenters. The van der Waals surface area contributed by atoms with Gasteiger partial charge in [0.2, 0.25) is 0 Å². The SMILES string of the molecule is COC(=O)[C@H](Oc1ccccc1I(OC(C)=O)OC(C)=O)C(C)C. The van der Waals surface area contributed by atoms with Crippen LogP contribution in [0.1, 0.15) is 27.7 Å². The second kappa shape index (κ2) is 9.45. The van der Waals surface area contributed by atoms with Gasteiger partial charge < -0.3 is 0 Å². The van der Waals surface area contributed by atoms with Gasteiger partial charge in [-0.25, -0.2) is 0 Å². The third-order valence-corrected chi connectivity index (χ3v) is 6.53. The van der Waals surface area contributed by atoms with Crippen LogP contribution in [0, 0.1) is 9.49 Å². The molecule has 1 aromatic carbocycles. The van der Waals surface area contributed by atoms with E-state index in [9.17, 15) is 14.4 Å². The zero-order chi connectivity index (χ0) is 18.3. The molecule has 1 aromatic rings. The van der Waals surface area contributed by atoms with Gasteiger partial charge in [0, 0.05) is 0 Å². The van der Waals surface area contributed by atoms with Crippen LogP contribution < -0.4 is 4.74 Å². The monoisotopic (exact) mass is 452 g/mol. The number of carbonyl (C=O) groups is 3. The molecule has 0 saturated heterocycles. The number of hydrogen-bond acceptors (Lipinski definition) is 7. The maximum atomic E-state index is 11.9. The molecule has 0 fully saturated rings. The summed E-state index contributed by atoms with van der Waals surface area (Å²) in [5.41, 5.74) is 0. The molecule has 0 spiro atoms. The molecular formula is C16H21IO7. The van der Waals surface area contributed by atoms with Crippen molar-refractivity contribution in [3.8, 4) is 5.75 Å². The van der Waals surface area contributed by atoms with Gasteiger partial charge >= 0.3 is 149 Å². The molecule has 134 valence electrons. The number of rotatable bonds is 7. The molecule has 0 aromatic heterocycles. The number of carbonyl (C=O) groups excluding carboxylic acids is 3. The van der Waals surface area contributed by atoms with E-state index >= 15 is 0 Å². The Morgan fingerprint density at radius 2 is 1.54 bits per heavy atom. The number of esters is 1. The first kappa shape index (κ1) is 20.2. The first-order chi connectivity index (χ1) is 11.3. The minimum atomic E-state index is -3.06. The fourth-order valence-electron chi connectivity index (χ4n) is 1.67. The van der Waals surface area contributed by atoms with Crippen LogP contribution >= 0.6 is 20.6 Å². The van der Waals surface area contributed by atoms with Gasteiger partial charge in [-0.2, -0.15) is 0 Å². The molecule has 1 rings (SSSR count). The van der Waals surface area contributed by atoms with Gasteiger partial charge in [0.1, 0.15) is 0 Å². The van der Waals surface area contributed by atoms with E-state index < -0.39 is 44.7 Å². The van der Waals surface area contributed by atoms with E-state index in [1.165, 1.54) is 21.0 Å². The molecule has 0 aliphatic heterocycles. The Bertz CT molecular complexity index is 584. The van der Waals surface area contributed by atoms with Gasteiger partial charge in [-0.1, -0.05) is 0 Å². The van der Waals surface area contributed by atoms with Gasteiger partial charge in [-0.15, -0.1) is 0 Å². The van der Waals surface area contributed by atoms with Crippen LogP contribution in [0.3, 0.4) is 0 Å². The summed E-state index contributed by atoms with van der Waals surface area (Å²) >= 11 is -3.06. The normalized spacial score (nSPS) is 12.2. The summed E-state index contributed by atoms with van der Waals surface area (Å²) in [7, 11) is 1.28.